The Labute approximate surface area is 239 Å². The van der Waals surface area contributed by atoms with Crippen molar-refractivity contribution in [2.75, 3.05) is 18.1 Å². The SMILES string of the molecule is c1ccc(C2(c3nccs3)C(c3ncco3)N(N3CCCC3)N(c3ccc[nH]3)C2(c2ncc[nH]2)c2ccco2)nc1. The Morgan fingerprint density at radius 2 is 1.78 bits per heavy atom. The van der Waals surface area contributed by atoms with Crippen molar-refractivity contribution in [3.05, 3.63) is 126 Å². The molecule has 2 fully saturated rings. The van der Waals surface area contributed by atoms with Crippen LogP contribution in [-0.4, -0.2) is 53.1 Å². The van der Waals surface area contributed by atoms with Crippen molar-refractivity contribution in [3.63, 3.8) is 0 Å². The summed E-state index contributed by atoms with van der Waals surface area (Å²) in [5.74, 6) is 2.72. The maximum atomic E-state index is 6.46. The number of nitrogens with one attached hydrogen (secondary N) is 2. The van der Waals surface area contributed by atoms with E-state index in [0.29, 0.717) is 17.5 Å². The van der Waals surface area contributed by atoms with Crippen LogP contribution in [0.5, 0.6) is 0 Å². The molecule has 2 saturated heterocycles. The number of pyridine rings is 1. The predicted molar refractivity (Wildman–Crippen MR) is 150 cm³/mol. The van der Waals surface area contributed by atoms with Gasteiger partial charge in [-0.3, -0.25) is 9.99 Å². The summed E-state index contributed by atoms with van der Waals surface area (Å²) in [4.78, 5) is 26.9. The highest BCUT2D eigenvalue weighted by Crippen LogP contribution is 2.67. The number of aromatic amines is 2. The largest absolute Gasteiger partial charge is 0.466 e. The lowest BCUT2D eigenvalue weighted by Gasteiger charge is -2.46. The first-order valence-electron chi connectivity index (χ1n) is 13.6. The number of furan rings is 1. The minimum Gasteiger partial charge on any atom is -0.466 e. The smallest absolute Gasteiger partial charge is 0.216 e. The zero-order valence-electron chi connectivity index (χ0n) is 22.0. The number of thiazole rings is 1. The van der Waals surface area contributed by atoms with Crippen LogP contribution in [0.25, 0.3) is 0 Å². The quantitative estimate of drug-likeness (QED) is 0.279. The number of imidazole rings is 1. The molecule has 6 aromatic heterocycles. The predicted octanol–water partition coefficient (Wildman–Crippen LogP) is 4.89. The van der Waals surface area contributed by atoms with Crippen LogP contribution < -0.4 is 5.01 Å². The summed E-state index contributed by atoms with van der Waals surface area (Å²) in [5, 5.41) is 9.73. The van der Waals surface area contributed by atoms with Crippen LogP contribution in [0.2, 0.25) is 0 Å². The maximum absolute atomic E-state index is 6.46. The van der Waals surface area contributed by atoms with Crippen LogP contribution in [-0.2, 0) is 11.0 Å². The van der Waals surface area contributed by atoms with Crippen LogP contribution in [0.15, 0.2) is 106 Å². The van der Waals surface area contributed by atoms with Crippen LogP contribution in [0.3, 0.4) is 0 Å². The maximum Gasteiger partial charge on any atom is 0.216 e. The zero-order chi connectivity index (χ0) is 27.3. The molecule has 2 N–H and O–H groups in total. The average molecular weight is 566 g/mol. The molecule has 0 aliphatic carbocycles. The van der Waals surface area contributed by atoms with Gasteiger partial charge in [-0.05, 0) is 49.2 Å². The Kier molecular flexibility index (Phi) is 5.65. The lowest BCUT2D eigenvalue weighted by atomic mass is 9.62. The van der Waals surface area contributed by atoms with Gasteiger partial charge in [0, 0.05) is 49.5 Å². The highest BCUT2D eigenvalue weighted by molar-refractivity contribution is 7.09. The Morgan fingerprint density at radius 3 is 2.44 bits per heavy atom. The van der Waals surface area contributed by atoms with Crippen LogP contribution >= 0.6 is 11.3 Å². The Balaban J connectivity index is 1.62. The van der Waals surface area contributed by atoms with Gasteiger partial charge in [-0.25, -0.2) is 20.0 Å². The fourth-order valence-electron chi connectivity index (χ4n) is 6.77. The van der Waals surface area contributed by atoms with Gasteiger partial charge in [-0.2, -0.15) is 0 Å². The second kappa shape index (κ2) is 9.54. The van der Waals surface area contributed by atoms with E-state index in [1.165, 1.54) is 0 Å². The van der Waals surface area contributed by atoms with Gasteiger partial charge in [0.05, 0.1) is 18.2 Å². The van der Waals surface area contributed by atoms with Gasteiger partial charge in [0.2, 0.25) is 5.89 Å². The standard InChI is InChI=1S/C29H27N9O2S/c1-2-10-30-21(7-1)28(27-35-15-20-41-27)24(25-32-14-19-40-25)38(36-16-3-4-17-36)37(23-9-5-11-31-23)29(28,22-8-6-18-39-22)26-33-12-13-34-26/h1-2,5-15,18-20,24,31H,3-4,16-17H2,(H,33,34). The third-order valence-corrected chi connectivity index (χ3v) is 9.07. The van der Waals surface area contributed by atoms with Crippen molar-refractivity contribution in [1.82, 2.24) is 40.0 Å². The van der Waals surface area contributed by atoms with E-state index in [1.54, 1.807) is 36.3 Å². The van der Waals surface area contributed by atoms with Gasteiger partial charge in [0.25, 0.3) is 0 Å². The van der Waals surface area contributed by atoms with E-state index in [1.807, 2.05) is 60.5 Å². The monoisotopic (exact) mass is 565 g/mol. The molecule has 0 spiro atoms. The number of hydrogen-bond donors (Lipinski definition) is 2. The first-order chi connectivity index (χ1) is 20.4. The summed E-state index contributed by atoms with van der Waals surface area (Å²) < 4.78 is 12.7. The molecule has 11 nitrogen and oxygen atoms in total. The van der Waals surface area contributed by atoms with Crippen LogP contribution in [0.4, 0.5) is 5.82 Å². The fourth-order valence-corrected chi connectivity index (χ4v) is 7.69. The minimum absolute atomic E-state index is 0.532. The molecule has 2 aliphatic rings. The minimum atomic E-state index is -1.17. The van der Waals surface area contributed by atoms with Gasteiger partial charge in [-0.15, -0.1) is 16.5 Å². The topological polar surface area (TPSA) is 119 Å². The molecule has 0 radical (unpaired) electrons. The number of nitrogens with zero attached hydrogens (tertiary/aromatic N) is 7. The van der Waals surface area contributed by atoms with E-state index >= 15 is 0 Å². The molecule has 8 rings (SSSR count). The van der Waals surface area contributed by atoms with E-state index < -0.39 is 17.0 Å². The lowest BCUT2D eigenvalue weighted by Crippen LogP contribution is -2.59. The Bertz CT molecular complexity index is 1630. The summed E-state index contributed by atoms with van der Waals surface area (Å²) >= 11 is 1.57. The number of anilines is 1. The second-order valence-corrected chi connectivity index (χ2v) is 11.0. The summed E-state index contributed by atoms with van der Waals surface area (Å²) in [5.41, 5.74) is -1.46. The summed E-state index contributed by atoms with van der Waals surface area (Å²) in [7, 11) is 0. The number of hydrogen-bond acceptors (Lipinski definition) is 10. The highest BCUT2D eigenvalue weighted by atomic mass is 32.1. The van der Waals surface area contributed by atoms with E-state index in [0.717, 1.165) is 42.5 Å². The van der Waals surface area contributed by atoms with Crippen molar-refractivity contribution < 1.29 is 8.83 Å². The first kappa shape index (κ1) is 24.3. The third-order valence-electron chi connectivity index (χ3n) is 8.16. The van der Waals surface area contributed by atoms with Crippen LogP contribution in [0.1, 0.15) is 47.1 Å². The molecule has 0 aromatic carbocycles. The molecule has 12 heteroatoms. The second-order valence-electron chi connectivity index (χ2n) is 10.1. The molecular formula is C29H27N9O2S. The number of rotatable bonds is 7. The number of oxazole rings is 1. The van der Waals surface area contributed by atoms with Gasteiger partial charge in [0.15, 0.2) is 5.54 Å². The Hall–Kier alpha value is -4.52. The van der Waals surface area contributed by atoms with Crippen molar-refractivity contribution in [2.45, 2.75) is 29.8 Å². The summed E-state index contributed by atoms with van der Waals surface area (Å²) in [6.45, 7) is 1.72. The number of aromatic nitrogens is 6. The van der Waals surface area contributed by atoms with E-state index in [9.17, 15) is 0 Å². The van der Waals surface area contributed by atoms with E-state index in [2.05, 4.69) is 37.2 Å². The molecule has 0 bridgehead atoms. The van der Waals surface area contributed by atoms with Gasteiger partial charge in [0.1, 0.15) is 40.1 Å². The number of hydrazine groups is 2. The molecule has 6 aromatic rings. The van der Waals surface area contributed by atoms with Gasteiger partial charge >= 0.3 is 0 Å². The van der Waals surface area contributed by atoms with Crippen molar-refractivity contribution in [3.8, 4) is 0 Å². The van der Waals surface area contributed by atoms with Gasteiger partial charge in [-0.1, -0.05) is 6.07 Å². The van der Waals surface area contributed by atoms with E-state index in [4.69, 9.17) is 28.8 Å². The Morgan fingerprint density at radius 1 is 0.829 bits per heavy atom. The molecule has 8 heterocycles. The summed E-state index contributed by atoms with van der Waals surface area (Å²) in [6.07, 6.45) is 16.4. The zero-order valence-corrected chi connectivity index (χ0v) is 22.8. The van der Waals surface area contributed by atoms with Crippen molar-refractivity contribution in [1.29, 1.82) is 0 Å². The lowest BCUT2D eigenvalue weighted by molar-refractivity contribution is -0.0477. The molecule has 0 saturated carbocycles. The van der Waals surface area contributed by atoms with E-state index in [-0.39, 0.29) is 0 Å². The van der Waals surface area contributed by atoms with Gasteiger partial charge < -0.3 is 18.8 Å². The fraction of sp³-hybridized carbons (Fsp3) is 0.241. The first-order valence-corrected chi connectivity index (χ1v) is 14.5. The molecule has 206 valence electrons. The average Bonchev–Trinajstić information content (AvgIpc) is 3.86. The molecule has 41 heavy (non-hydrogen) atoms. The molecule has 3 unspecified atom stereocenters. The van der Waals surface area contributed by atoms with Crippen molar-refractivity contribution in [2.24, 2.45) is 0 Å². The number of H-pyrrole nitrogens is 2. The third kappa shape index (κ3) is 3.26. The molecular weight excluding hydrogens is 538 g/mol. The molecule has 3 atom stereocenters. The van der Waals surface area contributed by atoms with Crippen LogP contribution in [0, 0.1) is 0 Å². The molecule has 0 amide bonds. The highest BCUT2D eigenvalue weighted by Gasteiger charge is 2.78. The molecule has 2 aliphatic heterocycles. The van der Waals surface area contributed by atoms with Crippen molar-refractivity contribution >= 4 is 17.2 Å². The normalized spacial score (nSPS) is 25.4. The summed E-state index contributed by atoms with van der Waals surface area (Å²) in [6, 6.07) is 13.4.